The lowest BCUT2D eigenvalue weighted by molar-refractivity contribution is 1.08. The number of H-pyrrole nitrogens is 1. The summed E-state index contributed by atoms with van der Waals surface area (Å²) in [6.45, 7) is 7.85. The summed E-state index contributed by atoms with van der Waals surface area (Å²) in [5, 5.41) is 8.06. The molecule has 0 aliphatic rings. The summed E-state index contributed by atoms with van der Waals surface area (Å²) in [6, 6.07) is 2.07. The molecule has 2 aromatic heterocycles. The summed E-state index contributed by atoms with van der Waals surface area (Å²) in [5.41, 5.74) is 3.85. The van der Waals surface area contributed by atoms with Crippen molar-refractivity contribution >= 4 is 16.6 Å². The van der Waals surface area contributed by atoms with E-state index >= 15 is 0 Å². The Balaban J connectivity index is 2.79. The van der Waals surface area contributed by atoms with Crippen molar-refractivity contribution in [3.63, 3.8) is 0 Å². The smallest absolute Gasteiger partial charge is 0.181 e. The minimum atomic E-state index is 0.753. The first-order valence-corrected chi connectivity index (χ1v) is 4.15. The van der Waals surface area contributed by atoms with E-state index in [9.17, 15) is 0 Å². The van der Waals surface area contributed by atoms with E-state index in [0.717, 1.165) is 27.9 Å². The number of allylic oxidation sites excluding steroid dienone is 1. The summed E-state index contributed by atoms with van der Waals surface area (Å²) < 4.78 is 0. The number of fused-ring (bicyclic) bond motifs is 1. The topological polar surface area (TPSA) is 41.6 Å². The number of rotatable bonds is 1. The molecule has 0 aromatic carbocycles. The van der Waals surface area contributed by atoms with E-state index in [1.165, 1.54) is 0 Å². The standard InChI is InChI=1S/C10H11N3/c1-6(2)9-8-4-7(3)5-11-10(8)13-12-9/h4-5H,1H2,2-3H3,(H,11,12,13). The quantitative estimate of drug-likeness (QED) is 0.718. The molecule has 0 aliphatic heterocycles. The average Bonchev–Trinajstić information content (AvgIpc) is 2.46. The van der Waals surface area contributed by atoms with E-state index in [-0.39, 0.29) is 0 Å². The number of aromatic nitrogens is 3. The molecule has 0 unspecified atom stereocenters. The molecule has 0 radical (unpaired) electrons. The fourth-order valence-electron chi connectivity index (χ4n) is 1.33. The molecule has 0 saturated carbocycles. The van der Waals surface area contributed by atoms with Crippen molar-refractivity contribution in [2.45, 2.75) is 13.8 Å². The van der Waals surface area contributed by atoms with E-state index in [2.05, 4.69) is 27.8 Å². The zero-order valence-corrected chi connectivity index (χ0v) is 7.76. The van der Waals surface area contributed by atoms with Crippen LogP contribution in [0.2, 0.25) is 0 Å². The van der Waals surface area contributed by atoms with Gasteiger partial charge in [-0.15, -0.1) is 0 Å². The fourth-order valence-corrected chi connectivity index (χ4v) is 1.33. The van der Waals surface area contributed by atoms with Gasteiger partial charge in [0.25, 0.3) is 0 Å². The second kappa shape index (κ2) is 2.69. The molecular weight excluding hydrogens is 162 g/mol. The van der Waals surface area contributed by atoms with E-state index in [4.69, 9.17) is 0 Å². The highest BCUT2D eigenvalue weighted by Crippen LogP contribution is 2.20. The molecule has 13 heavy (non-hydrogen) atoms. The second-order valence-corrected chi connectivity index (χ2v) is 3.26. The van der Waals surface area contributed by atoms with Crippen molar-refractivity contribution in [2.75, 3.05) is 0 Å². The van der Waals surface area contributed by atoms with Gasteiger partial charge in [-0.25, -0.2) is 4.98 Å². The summed E-state index contributed by atoms with van der Waals surface area (Å²) in [7, 11) is 0. The molecule has 0 bridgehead atoms. The largest absolute Gasteiger partial charge is 0.275 e. The van der Waals surface area contributed by atoms with Crippen LogP contribution in [0.25, 0.3) is 16.6 Å². The molecule has 2 rings (SSSR count). The van der Waals surface area contributed by atoms with Gasteiger partial charge in [0, 0.05) is 11.6 Å². The maximum Gasteiger partial charge on any atom is 0.181 e. The lowest BCUT2D eigenvalue weighted by atomic mass is 10.1. The molecule has 3 nitrogen and oxygen atoms in total. The third-order valence-corrected chi connectivity index (χ3v) is 1.97. The lowest BCUT2D eigenvalue weighted by Gasteiger charge is -1.95. The molecule has 0 spiro atoms. The number of pyridine rings is 1. The van der Waals surface area contributed by atoms with E-state index in [1.807, 2.05) is 20.0 Å². The van der Waals surface area contributed by atoms with Crippen LogP contribution in [-0.4, -0.2) is 15.2 Å². The van der Waals surface area contributed by atoms with Crippen molar-refractivity contribution in [1.29, 1.82) is 0 Å². The van der Waals surface area contributed by atoms with Gasteiger partial charge in [-0.3, -0.25) is 5.10 Å². The number of hydrogen-bond acceptors (Lipinski definition) is 2. The zero-order valence-electron chi connectivity index (χ0n) is 7.76. The monoisotopic (exact) mass is 173 g/mol. The van der Waals surface area contributed by atoms with Gasteiger partial charge in [-0.05, 0) is 31.1 Å². The van der Waals surface area contributed by atoms with Gasteiger partial charge in [-0.1, -0.05) is 6.58 Å². The highest BCUT2D eigenvalue weighted by atomic mass is 15.1. The highest BCUT2D eigenvalue weighted by molar-refractivity contribution is 5.87. The molecule has 66 valence electrons. The lowest BCUT2D eigenvalue weighted by Crippen LogP contribution is -1.80. The Kier molecular flexibility index (Phi) is 1.65. The molecular formula is C10H11N3. The first-order valence-electron chi connectivity index (χ1n) is 4.15. The molecule has 2 aromatic rings. The Bertz CT molecular complexity index is 468. The molecule has 3 heteroatoms. The van der Waals surface area contributed by atoms with Crippen LogP contribution in [0.15, 0.2) is 18.8 Å². The Morgan fingerprint density at radius 2 is 2.31 bits per heavy atom. The van der Waals surface area contributed by atoms with Crippen LogP contribution in [0.1, 0.15) is 18.2 Å². The van der Waals surface area contributed by atoms with Crippen LogP contribution in [0.3, 0.4) is 0 Å². The molecule has 0 amide bonds. The van der Waals surface area contributed by atoms with E-state index < -0.39 is 0 Å². The van der Waals surface area contributed by atoms with Gasteiger partial charge in [0.05, 0.1) is 5.69 Å². The summed E-state index contributed by atoms with van der Waals surface area (Å²) in [4.78, 5) is 4.20. The maximum absolute atomic E-state index is 4.20. The summed E-state index contributed by atoms with van der Waals surface area (Å²) in [5.74, 6) is 0. The maximum atomic E-state index is 4.20. The minimum absolute atomic E-state index is 0.753. The number of hydrogen-bond donors (Lipinski definition) is 1. The van der Waals surface area contributed by atoms with Crippen molar-refractivity contribution in [3.8, 4) is 0 Å². The van der Waals surface area contributed by atoms with Crippen LogP contribution in [0.5, 0.6) is 0 Å². The number of aryl methyl sites for hydroxylation is 1. The van der Waals surface area contributed by atoms with Crippen LogP contribution < -0.4 is 0 Å². The van der Waals surface area contributed by atoms with Crippen molar-refractivity contribution < 1.29 is 0 Å². The molecule has 0 atom stereocenters. The fraction of sp³-hybridized carbons (Fsp3) is 0.200. The Labute approximate surface area is 76.5 Å². The predicted octanol–water partition coefficient (Wildman–Crippen LogP) is 2.30. The van der Waals surface area contributed by atoms with Crippen LogP contribution in [-0.2, 0) is 0 Å². The number of nitrogens with one attached hydrogen (secondary N) is 1. The third kappa shape index (κ3) is 1.22. The van der Waals surface area contributed by atoms with Crippen LogP contribution in [0.4, 0.5) is 0 Å². The minimum Gasteiger partial charge on any atom is -0.275 e. The normalized spacial score (nSPS) is 10.6. The molecule has 1 N–H and O–H groups in total. The number of aromatic amines is 1. The SMILES string of the molecule is C=C(C)c1[nH]nc2ncc(C)cc12. The van der Waals surface area contributed by atoms with Crippen molar-refractivity contribution in [3.05, 3.63) is 30.1 Å². The van der Waals surface area contributed by atoms with E-state index in [1.54, 1.807) is 0 Å². The van der Waals surface area contributed by atoms with Gasteiger partial charge >= 0.3 is 0 Å². The summed E-state index contributed by atoms with van der Waals surface area (Å²) in [6.07, 6.45) is 1.81. The Hall–Kier alpha value is -1.64. The molecule has 0 fully saturated rings. The van der Waals surface area contributed by atoms with Gasteiger partial charge in [0.15, 0.2) is 5.65 Å². The first kappa shape index (κ1) is 7.98. The number of nitrogens with zero attached hydrogens (tertiary/aromatic N) is 2. The van der Waals surface area contributed by atoms with Crippen LogP contribution >= 0.6 is 0 Å². The second-order valence-electron chi connectivity index (χ2n) is 3.26. The Morgan fingerprint density at radius 1 is 1.54 bits per heavy atom. The Morgan fingerprint density at radius 3 is 3.00 bits per heavy atom. The van der Waals surface area contributed by atoms with Gasteiger partial charge < -0.3 is 0 Å². The third-order valence-electron chi connectivity index (χ3n) is 1.97. The summed E-state index contributed by atoms with van der Waals surface area (Å²) >= 11 is 0. The average molecular weight is 173 g/mol. The molecule has 2 heterocycles. The molecule has 0 saturated heterocycles. The van der Waals surface area contributed by atoms with E-state index in [0.29, 0.717) is 0 Å². The predicted molar refractivity (Wildman–Crippen MR) is 53.3 cm³/mol. The van der Waals surface area contributed by atoms with Crippen LogP contribution in [0, 0.1) is 6.92 Å². The zero-order chi connectivity index (χ0) is 9.42. The first-order chi connectivity index (χ1) is 6.18. The molecule has 0 aliphatic carbocycles. The van der Waals surface area contributed by atoms with Gasteiger partial charge in [-0.2, -0.15) is 5.10 Å². The van der Waals surface area contributed by atoms with Crippen molar-refractivity contribution in [1.82, 2.24) is 15.2 Å². The van der Waals surface area contributed by atoms with Crippen molar-refractivity contribution in [2.24, 2.45) is 0 Å². The van der Waals surface area contributed by atoms with Gasteiger partial charge in [0.2, 0.25) is 0 Å². The van der Waals surface area contributed by atoms with Gasteiger partial charge in [0.1, 0.15) is 0 Å². The highest BCUT2D eigenvalue weighted by Gasteiger charge is 2.05.